The van der Waals surface area contributed by atoms with Gasteiger partial charge in [-0.05, 0) is 58.7 Å². The second-order valence-corrected chi connectivity index (χ2v) is 5.64. The van der Waals surface area contributed by atoms with Gasteiger partial charge in [0.25, 0.3) is 0 Å². The Morgan fingerprint density at radius 1 is 1.27 bits per heavy atom. The summed E-state index contributed by atoms with van der Waals surface area (Å²) in [6.45, 7) is 0. The van der Waals surface area contributed by atoms with Gasteiger partial charge in [0.1, 0.15) is 5.76 Å². The number of hydrogen-bond donors (Lipinski definition) is 1. The van der Waals surface area contributed by atoms with Crippen molar-refractivity contribution in [2.75, 3.05) is 0 Å². The molecule has 2 aliphatic rings. The minimum absolute atomic E-state index is 0.115. The zero-order valence-corrected chi connectivity index (χ0v) is 10.2. The van der Waals surface area contributed by atoms with Crippen molar-refractivity contribution in [1.82, 2.24) is 0 Å². The van der Waals surface area contributed by atoms with Crippen molar-refractivity contribution in [2.45, 2.75) is 31.7 Å². The number of hydrogen-bond acceptors (Lipinski definition) is 2. The van der Waals surface area contributed by atoms with E-state index in [1.165, 1.54) is 25.7 Å². The highest BCUT2D eigenvalue weighted by Crippen LogP contribution is 2.59. The Hall–Kier alpha value is -0.280. The van der Waals surface area contributed by atoms with E-state index in [0.717, 1.165) is 22.3 Å². The van der Waals surface area contributed by atoms with Crippen molar-refractivity contribution in [3.63, 3.8) is 0 Å². The lowest BCUT2D eigenvalue weighted by Gasteiger charge is -2.07. The minimum atomic E-state index is 0.115. The number of fused-ring (bicyclic) bond motifs is 1. The van der Waals surface area contributed by atoms with Gasteiger partial charge in [0.15, 0.2) is 4.67 Å². The van der Waals surface area contributed by atoms with E-state index in [0.29, 0.717) is 5.92 Å². The maximum Gasteiger partial charge on any atom is 0.169 e. The molecule has 1 heterocycles. The van der Waals surface area contributed by atoms with Gasteiger partial charge in [0.05, 0.1) is 6.04 Å². The molecular formula is C12H16BrNO. The monoisotopic (exact) mass is 269 g/mol. The van der Waals surface area contributed by atoms with Crippen LogP contribution >= 0.6 is 15.9 Å². The summed E-state index contributed by atoms with van der Waals surface area (Å²) in [7, 11) is 0. The van der Waals surface area contributed by atoms with E-state index in [4.69, 9.17) is 10.2 Å². The maximum absolute atomic E-state index is 6.26. The van der Waals surface area contributed by atoms with Gasteiger partial charge in [0.2, 0.25) is 0 Å². The molecule has 2 nitrogen and oxygen atoms in total. The third kappa shape index (κ3) is 1.66. The second-order valence-electron chi connectivity index (χ2n) is 4.86. The van der Waals surface area contributed by atoms with E-state index in [9.17, 15) is 0 Å². The van der Waals surface area contributed by atoms with Crippen LogP contribution < -0.4 is 5.73 Å². The minimum Gasteiger partial charge on any atom is -0.453 e. The van der Waals surface area contributed by atoms with E-state index >= 15 is 0 Å². The van der Waals surface area contributed by atoms with E-state index in [-0.39, 0.29) is 6.04 Å². The average molecular weight is 270 g/mol. The first-order valence-electron chi connectivity index (χ1n) is 5.78. The third-order valence-corrected chi connectivity index (χ3v) is 4.49. The van der Waals surface area contributed by atoms with Gasteiger partial charge < -0.3 is 10.2 Å². The SMILES string of the molecule is NC(c1ccc(Br)o1)C1C2CCCCC21. The molecule has 3 rings (SSSR count). The topological polar surface area (TPSA) is 39.2 Å². The van der Waals surface area contributed by atoms with Gasteiger partial charge in [-0.15, -0.1) is 0 Å². The summed E-state index contributed by atoms with van der Waals surface area (Å²) in [4.78, 5) is 0. The summed E-state index contributed by atoms with van der Waals surface area (Å²) in [5, 5.41) is 0. The van der Waals surface area contributed by atoms with Crippen molar-refractivity contribution < 1.29 is 4.42 Å². The number of rotatable bonds is 2. The number of nitrogens with two attached hydrogens (primary N) is 1. The Bertz CT molecular complexity index is 350. The molecular weight excluding hydrogens is 254 g/mol. The predicted octanol–water partition coefficient (Wildman–Crippen LogP) is 3.48. The summed E-state index contributed by atoms with van der Waals surface area (Å²) >= 11 is 3.32. The molecule has 15 heavy (non-hydrogen) atoms. The van der Waals surface area contributed by atoms with Crippen LogP contribution in [0.1, 0.15) is 37.5 Å². The highest BCUT2D eigenvalue weighted by atomic mass is 79.9. The van der Waals surface area contributed by atoms with Gasteiger partial charge in [-0.2, -0.15) is 0 Å². The summed E-state index contributed by atoms with van der Waals surface area (Å²) in [6.07, 6.45) is 5.55. The second kappa shape index (κ2) is 3.63. The van der Waals surface area contributed by atoms with Crippen LogP contribution in [0.2, 0.25) is 0 Å². The van der Waals surface area contributed by atoms with Crippen LogP contribution in [-0.4, -0.2) is 0 Å². The fourth-order valence-electron chi connectivity index (χ4n) is 3.28. The Morgan fingerprint density at radius 3 is 2.47 bits per heavy atom. The molecule has 3 unspecified atom stereocenters. The fourth-order valence-corrected chi connectivity index (χ4v) is 3.60. The molecule has 2 N–H and O–H groups in total. The summed E-state index contributed by atoms with van der Waals surface area (Å²) in [6, 6.07) is 4.05. The zero-order chi connectivity index (χ0) is 10.4. The Kier molecular flexibility index (Phi) is 2.40. The fraction of sp³-hybridized carbons (Fsp3) is 0.667. The standard InChI is InChI=1S/C12H16BrNO/c13-10-6-5-9(15-10)12(14)11-7-3-1-2-4-8(7)11/h5-8,11-12H,1-4,14H2. The molecule has 3 atom stereocenters. The Labute approximate surface area is 98.3 Å². The first-order chi connectivity index (χ1) is 7.27. The van der Waals surface area contributed by atoms with E-state index in [2.05, 4.69) is 15.9 Å². The van der Waals surface area contributed by atoms with Crippen molar-refractivity contribution in [2.24, 2.45) is 23.5 Å². The highest BCUT2D eigenvalue weighted by molar-refractivity contribution is 9.10. The number of halogens is 1. The summed E-state index contributed by atoms with van der Waals surface area (Å²) < 4.78 is 6.33. The lowest BCUT2D eigenvalue weighted by Crippen LogP contribution is -2.13. The van der Waals surface area contributed by atoms with E-state index < -0.39 is 0 Å². The van der Waals surface area contributed by atoms with Gasteiger partial charge in [-0.25, -0.2) is 0 Å². The molecule has 82 valence electrons. The molecule has 1 aromatic heterocycles. The van der Waals surface area contributed by atoms with Crippen LogP contribution in [0.5, 0.6) is 0 Å². The Balaban J connectivity index is 1.73. The van der Waals surface area contributed by atoms with Gasteiger partial charge in [0, 0.05) is 0 Å². The van der Waals surface area contributed by atoms with E-state index in [1.807, 2.05) is 12.1 Å². The molecule has 3 heteroatoms. The van der Waals surface area contributed by atoms with Crippen molar-refractivity contribution >= 4 is 15.9 Å². The van der Waals surface area contributed by atoms with Gasteiger partial charge >= 0.3 is 0 Å². The summed E-state index contributed by atoms with van der Waals surface area (Å²) in [5.41, 5.74) is 6.26. The smallest absolute Gasteiger partial charge is 0.169 e. The molecule has 0 aliphatic heterocycles. The summed E-state index contributed by atoms with van der Waals surface area (Å²) in [5.74, 6) is 3.40. The molecule has 0 saturated heterocycles. The molecule has 2 fully saturated rings. The average Bonchev–Trinajstić information content (AvgIpc) is 2.82. The van der Waals surface area contributed by atoms with Crippen LogP contribution in [0.3, 0.4) is 0 Å². The largest absolute Gasteiger partial charge is 0.453 e. The molecule has 0 amide bonds. The molecule has 1 aromatic rings. The van der Waals surface area contributed by atoms with Crippen LogP contribution in [0, 0.1) is 17.8 Å². The first kappa shape index (κ1) is 9.91. The van der Waals surface area contributed by atoms with Crippen molar-refractivity contribution in [3.05, 3.63) is 22.6 Å². The van der Waals surface area contributed by atoms with Crippen LogP contribution in [-0.2, 0) is 0 Å². The van der Waals surface area contributed by atoms with Crippen molar-refractivity contribution in [3.8, 4) is 0 Å². The van der Waals surface area contributed by atoms with Crippen molar-refractivity contribution in [1.29, 1.82) is 0 Å². The quantitative estimate of drug-likeness (QED) is 0.893. The van der Waals surface area contributed by atoms with Crippen LogP contribution in [0.4, 0.5) is 0 Å². The molecule has 0 bridgehead atoms. The molecule has 0 spiro atoms. The van der Waals surface area contributed by atoms with Gasteiger partial charge in [-0.1, -0.05) is 12.8 Å². The molecule has 0 aromatic carbocycles. The molecule has 2 aliphatic carbocycles. The normalized spacial score (nSPS) is 36.0. The number of furan rings is 1. The zero-order valence-electron chi connectivity index (χ0n) is 8.66. The highest BCUT2D eigenvalue weighted by Gasteiger charge is 2.54. The van der Waals surface area contributed by atoms with E-state index in [1.54, 1.807) is 0 Å². The first-order valence-corrected chi connectivity index (χ1v) is 6.57. The maximum atomic E-state index is 6.26. The lowest BCUT2D eigenvalue weighted by molar-refractivity contribution is 0.412. The van der Waals surface area contributed by atoms with Gasteiger partial charge in [-0.3, -0.25) is 0 Å². The predicted molar refractivity (Wildman–Crippen MR) is 62.3 cm³/mol. The Morgan fingerprint density at radius 2 is 1.93 bits per heavy atom. The molecule has 2 saturated carbocycles. The third-order valence-electron chi connectivity index (χ3n) is 4.06. The lowest BCUT2D eigenvalue weighted by atomic mass is 10.0. The van der Waals surface area contributed by atoms with Crippen LogP contribution in [0.25, 0.3) is 0 Å². The molecule has 0 radical (unpaired) electrons. The van der Waals surface area contributed by atoms with Crippen LogP contribution in [0.15, 0.2) is 21.2 Å².